The van der Waals surface area contributed by atoms with Gasteiger partial charge in [0.2, 0.25) is 0 Å². The largest absolute Gasteiger partial charge is 0.460 e. The smallest absolute Gasteiger partial charge is 0.351 e. The third-order valence-corrected chi connectivity index (χ3v) is 4.11. The molecule has 0 aliphatic carbocycles. The first-order chi connectivity index (χ1) is 11.7. The monoisotopic (exact) mass is 498 g/mol. The molecule has 0 amide bonds. The van der Waals surface area contributed by atoms with Crippen molar-refractivity contribution in [2.24, 2.45) is 0 Å². The van der Waals surface area contributed by atoms with Crippen LogP contribution in [0.2, 0.25) is 0 Å². The van der Waals surface area contributed by atoms with Crippen LogP contribution in [0.25, 0.3) is 0 Å². The molecular formula is C11H8BrF13O2. The molecule has 2 atom stereocenters. The highest BCUT2D eigenvalue weighted by Gasteiger charge is 2.90. The van der Waals surface area contributed by atoms with Crippen LogP contribution in [-0.4, -0.2) is 60.1 Å². The average molecular weight is 499 g/mol. The summed E-state index contributed by atoms with van der Waals surface area (Å²) in [6, 6.07) is 0. The van der Waals surface area contributed by atoms with E-state index in [1.165, 1.54) is 0 Å². The van der Waals surface area contributed by atoms with Gasteiger partial charge in [0.1, 0.15) is 0 Å². The van der Waals surface area contributed by atoms with Crippen LogP contribution in [0.5, 0.6) is 0 Å². The van der Waals surface area contributed by atoms with Gasteiger partial charge in [0, 0.05) is 6.42 Å². The molecule has 0 aromatic carbocycles. The van der Waals surface area contributed by atoms with Gasteiger partial charge in [-0.3, -0.25) is 0 Å². The molecule has 1 saturated heterocycles. The summed E-state index contributed by atoms with van der Waals surface area (Å²) in [6.45, 7) is -1.47. The van der Waals surface area contributed by atoms with Crippen LogP contribution in [0.4, 0.5) is 57.1 Å². The summed E-state index contributed by atoms with van der Waals surface area (Å²) in [4.78, 5) is -0.581. The molecule has 1 aliphatic heterocycles. The number of halogens is 14. The fraction of sp³-hybridized carbons (Fsp3) is 1.00. The third kappa shape index (κ3) is 3.84. The van der Waals surface area contributed by atoms with E-state index in [-0.39, 0.29) is 6.61 Å². The zero-order valence-electron chi connectivity index (χ0n) is 12.4. The second-order valence-electron chi connectivity index (χ2n) is 5.34. The zero-order chi connectivity index (χ0) is 21.7. The van der Waals surface area contributed by atoms with Crippen molar-refractivity contribution in [2.75, 3.05) is 13.2 Å². The van der Waals surface area contributed by atoms with Crippen LogP contribution >= 0.6 is 15.9 Å². The van der Waals surface area contributed by atoms with Gasteiger partial charge in [-0.25, -0.2) is 0 Å². The van der Waals surface area contributed by atoms with Crippen molar-refractivity contribution < 1.29 is 66.5 Å². The summed E-state index contributed by atoms with van der Waals surface area (Å²) in [5.41, 5.74) is 0. The van der Waals surface area contributed by atoms with Gasteiger partial charge >= 0.3 is 35.8 Å². The normalized spacial score (nSPS) is 23.3. The Kier molecular flexibility index (Phi) is 6.43. The van der Waals surface area contributed by atoms with Crippen LogP contribution in [-0.2, 0) is 9.47 Å². The Balaban J connectivity index is 3.06. The SMILES string of the molecule is FC(F)(F)C(F)(F)C(F)(F)C(F)(F)C(F)(F)C(F)(F)CCOC1OCC1Br. The van der Waals surface area contributed by atoms with Gasteiger partial charge in [-0.05, 0) is 0 Å². The fourth-order valence-electron chi connectivity index (χ4n) is 1.66. The zero-order valence-corrected chi connectivity index (χ0v) is 14.0. The van der Waals surface area contributed by atoms with Gasteiger partial charge in [-0.1, -0.05) is 15.9 Å². The van der Waals surface area contributed by atoms with Crippen molar-refractivity contribution in [2.45, 2.75) is 53.3 Å². The van der Waals surface area contributed by atoms with Crippen molar-refractivity contribution in [3.63, 3.8) is 0 Å². The fourth-order valence-corrected chi connectivity index (χ4v) is 2.12. The molecule has 1 fully saturated rings. The Morgan fingerprint density at radius 1 is 0.741 bits per heavy atom. The number of hydrogen-bond donors (Lipinski definition) is 0. The van der Waals surface area contributed by atoms with E-state index in [4.69, 9.17) is 0 Å². The molecule has 0 N–H and O–H groups in total. The second-order valence-corrected chi connectivity index (χ2v) is 6.51. The van der Waals surface area contributed by atoms with Crippen LogP contribution in [0.1, 0.15) is 6.42 Å². The maximum absolute atomic E-state index is 13.4. The Hall–Kier alpha value is -0.510. The lowest BCUT2D eigenvalue weighted by molar-refractivity contribution is -0.440. The Morgan fingerprint density at radius 2 is 1.19 bits per heavy atom. The molecule has 16 heteroatoms. The number of rotatable bonds is 8. The minimum Gasteiger partial charge on any atom is -0.351 e. The lowest BCUT2D eigenvalue weighted by atomic mass is 9.93. The van der Waals surface area contributed by atoms with Crippen molar-refractivity contribution in [1.29, 1.82) is 0 Å². The standard InChI is InChI=1S/C11H8BrF13O2/c12-4-3-27-5(4)26-2-1-6(13,14)7(15,16)8(17,18)9(19,20)10(21,22)11(23,24)25/h4-5H,1-3H2. The predicted octanol–water partition coefficient (Wildman–Crippen LogP) is 5.25. The summed E-state index contributed by atoms with van der Waals surface area (Å²) in [7, 11) is 0. The first kappa shape index (κ1) is 24.5. The molecule has 0 aromatic heterocycles. The van der Waals surface area contributed by atoms with Crippen molar-refractivity contribution >= 4 is 15.9 Å². The van der Waals surface area contributed by atoms with E-state index in [1.807, 2.05) is 0 Å². The lowest BCUT2D eigenvalue weighted by Gasteiger charge is -2.40. The van der Waals surface area contributed by atoms with Crippen LogP contribution in [0, 0.1) is 0 Å². The van der Waals surface area contributed by atoms with Gasteiger partial charge in [0.15, 0.2) is 6.29 Å². The quantitative estimate of drug-likeness (QED) is 0.336. The molecule has 1 heterocycles. The molecule has 27 heavy (non-hydrogen) atoms. The van der Waals surface area contributed by atoms with Crippen LogP contribution in [0.15, 0.2) is 0 Å². The van der Waals surface area contributed by atoms with E-state index in [0.29, 0.717) is 0 Å². The summed E-state index contributed by atoms with van der Waals surface area (Å²) in [5, 5.41) is 0. The van der Waals surface area contributed by atoms with Crippen LogP contribution < -0.4 is 0 Å². The summed E-state index contributed by atoms with van der Waals surface area (Å²) < 4.78 is 175. The first-order valence-corrected chi connectivity index (χ1v) is 7.48. The highest BCUT2D eigenvalue weighted by Crippen LogP contribution is 2.60. The minimum absolute atomic E-state index is 0.00797. The molecule has 1 aliphatic rings. The van der Waals surface area contributed by atoms with Gasteiger partial charge < -0.3 is 9.47 Å². The van der Waals surface area contributed by atoms with E-state index in [2.05, 4.69) is 25.4 Å². The molecule has 0 saturated carbocycles. The summed E-state index contributed by atoms with van der Waals surface area (Å²) in [5.74, 6) is -36.8. The maximum atomic E-state index is 13.4. The number of ether oxygens (including phenoxy) is 2. The summed E-state index contributed by atoms with van der Waals surface area (Å²) in [6.07, 6.45) is -11.1. The van der Waals surface area contributed by atoms with Crippen molar-refractivity contribution in [3.8, 4) is 0 Å². The van der Waals surface area contributed by atoms with Crippen molar-refractivity contribution in [1.82, 2.24) is 0 Å². The maximum Gasteiger partial charge on any atom is 0.460 e. The predicted molar refractivity (Wildman–Crippen MR) is 63.8 cm³/mol. The second kappa shape index (κ2) is 7.07. The van der Waals surface area contributed by atoms with Gasteiger partial charge in [0.25, 0.3) is 0 Å². The summed E-state index contributed by atoms with van der Waals surface area (Å²) >= 11 is 2.85. The van der Waals surface area contributed by atoms with Crippen LogP contribution in [0.3, 0.4) is 0 Å². The Labute approximate surface area is 150 Å². The van der Waals surface area contributed by atoms with Gasteiger partial charge in [0.05, 0.1) is 18.0 Å². The Bertz CT molecular complexity index is 533. The molecular weight excluding hydrogens is 491 g/mol. The molecule has 2 unspecified atom stereocenters. The molecule has 162 valence electrons. The van der Waals surface area contributed by atoms with Gasteiger partial charge in [-0.15, -0.1) is 0 Å². The average Bonchev–Trinajstić information content (AvgIpc) is 2.47. The minimum atomic E-state index is -7.88. The third-order valence-electron chi connectivity index (χ3n) is 3.41. The van der Waals surface area contributed by atoms with Crippen molar-refractivity contribution in [3.05, 3.63) is 0 Å². The molecule has 1 rings (SSSR count). The van der Waals surface area contributed by atoms with Gasteiger partial charge in [-0.2, -0.15) is 57.1 Å². The topological polar surface area (TPSA) is 18.5 Å². The number of alkyl halides is 14. The molecule has 0 bridgehead atoms. The van der Waals surface area contributed by atoms with E-state index >= 15 is 0 Å². The molecule has 0 radical (unpaired) electrons. The first-order valence-electron chi connectivity index (χ1n) is 6.57. The lowest BCUT2D eigenvalue weighted by Crippen LogP contribution is -2.70. The van der Waals surface area contributed by atoms with E-state index < -0.39 is 59.9 Å². The molecule has 0 aromatic rings. The van der Waals surface area contributed by atoms with E-state index in [9.17, 15) is 57.1 Å². The molecule has 2 nitrogen and oxygen atoms in total. The number of hydrogen-bond acceptors (Lipinski definition) is 2. The van der Waals surface area contributed by atoms with E-state index in [1.54, 1.807) is 0 Å². The highest BCUT2D eigenvalue weighted by atomic mass is 79.9. The highest BCUT2D eigenvalue weighted by molar-refractivity contribution is 9.09. The van der Waals surface area contributed by atoms with E-state index in [0.717, 1.165) is 0 Å². The Morgan fingerprint density at radius 3 is 1.52 bits per heavy atom. The molecule has 0 spiro atoms.